The predicted octanol–water partition coefficient (Wildman–Crippen LogP) is 2.19. The molecule has 104 valence electrons. The molecule has 0 atom stereocenters. The summed E-state index contributed by atoms with van der Waals surface area (Å²) in [7, 11) is 0. The van der Waals surface area contributed by atoms with Gasteiger partial charge >= 0.3 is 0 Å². The quantitative estimate of drug-likeness (QED) is 0.886. The first kappa shape index (κ1) is 12.8. The van der Waals surface area contributed by atoms with Gasteiger partial charge < -0.3 is 14.8 Å². The lowest BCUT2D eigenvalue weighted by molar-refractivity contribution is -0.177. The Morgan fingerprint density at radius 3 is 2.53 bits per heavy atom. The molecule has 0 bridgehead atoms. The summed E-state index contributed by atoms with van der Waals surface area (Å²) in [6, 6.07) is 0.450. The summed E-state index contributed by atoms with van der Waals surface area (Å²) < 4.78 is 11.5. The van der Waals surface area contributed by atoms with Crippen molar-refractivity contribution < 1.29 is 9.47 Å². The van der Waals surface area contributed by atoms with Gasteiger partial charge in [-0.15, -0.1) is 0 Å². The second-order valence-corrected chi connectivity index (χ2v) is 5.46. The first-order valence-electron chi connectivity index (χ1n) is 7.01. The maximum absolute atomic E-state index is 5.75. The van der Waals surface area contributed by atoms with Crippen LogP contribution in [0, 0.1) is 13.8 Å². The average molecular weight is 263 g/mol. The lowest BCUT2D eigenvalue weighted by Gasteiger charge is -2.35. The number of nitrogens with zero attached hydrogens (tertiary/aromatic N) is 2. The highest BCUT2D eigenvalue weighted by atomic mass is 16.7. The Bertz CT molecular complexity index is 448. The average Bonchev–Trinajstić information content (AvgIpc) is 2.86. The molecule has 2 fully saturated rings. The van der Waals surface area contributed by atoms with Gasteiger partial charge in [0.2, 0.25) is 0 Å². The molecule has 3 rings (SSSR count). The zero-order valence-electron chi connectivity index (χ0n) is 11.6. The first-order valence-corrected chi connectivity index (χ1v) is 7.01. The number of anilines is 1. The van der Waals surface area contributed by atoms with Crippen molar-refractivity contribution in [3.8, 4) is 0 Å². The summed E-state index contributed by atoms with van der Waals surface area (Å²) in [5, 5.41) is 3.53. The van der Waals surface area contributed by atoms with E-state index >= 15 is 0 Å². The molecule has 1 N–H and O–H groups in total. The van der Waals surface area contributed by atoms with Crippen LogP contribution in [0.1, 0.15) is 36.9 Å². The molecular formula is C14H21N3O2. The predicted molar refractivity (Wildman–Crippen MR) is 72.0 cm³/mol. The molecular weight excluding hydrogens is 242 g/mol. The van der Waals surface area contributed by atoms with Crippen molar-refractivity contribution in [2.24, 2.45) is 0 Å². The van der Waals surface area contributed by atoms with Crippen LogP contribution >= 0.6 is 0 Å². The van der Waals surface area contributed by atoms with E-state index in [1.807, 2.05) is 6.92 Å². The largest absolute Gasteiger partial charge is 0.367 e. The standard InChI is InChI=1S/C14H21N3O2/c1-10-11(2)15-9-16-13(10)17-12-3-5-14(6-4-12)18-7-8-19-14/h9,12H,3-8H2,1-2H3,(H,15,16,17). The molecule has 2 heterocycles. The first-order chi connectivity index (χ1) is 9.19. The fourth-order valence-corrected chi connectivity index (χ4v) is 2.86. The smallest absolute Gasteiger partial charge is 0.168 e. The van der Waals surface area contributed by atoms with E-state index in [0.29, 0.717) is 6.04 Å². The van der Waals surface area contributed by atoms with Gasteiger partial charge in [-0.1, -0.05) is 0 Å². The second kappa shape index (κ2) is 5.06. The van der Waals surface area contributed by atoms with Crippen LogP contribution in [-0.2, 0) is 9.47 Å². The fourth-order valence-electron chi connectivity index (χ4n) is 2.86. The van der Waals surface area contributed by atoms with Gasteiger partial charge in [-0.3, -0.25) is 0 Å². The van der Waals surface area contributed by atoms with Crippen LogP contribution in [-0.4, -0.2) is 35.0 Å². The van der Waals surface area contributed by atoms with E-state index in [4.69, 9.17) is 9.47 Å². The third-order valence-corrected chi connectivity index (χ3v) is 4.24. The van der Waals surface area contributed by atoms with Crippen LogP contribution in [0.4, 0.5) is 5.82 Å². The van der Waals surface area contributed by atoms with Crippen molar-refractivity contribution in [1.29, 1.82) is 0 Å². The van der Waals surface area contributed by atoms with Crippen LogP contribution in [0.15, 0.2) is 6.33 Å². The minimum atomic E-state index is -0.283. The van der Waals surface area contributed by atoms with Crippen molar-refractivity contribution in [1.82, 2.24) is 9.97 Å². The van der Waals surface area contributed by atoms with Gasteiger partial charge in [0.15, 0.2) is 5.79 Å². The SMILES string of the molecule is Cc1ncnc(NC2CCC3(CC2)OCCO3)c1C. The van der Waals surface area contributed by atoms with Crippen molar-refractivity contribution in [3.63, 3.8) is 0 Å². The molecule has 1 aliphatic carbocycles. The van der Waals surface area contributed by atoms with E-state index in [9.17, 15) is 0 Å². The molecule has 1 aromatic rings. The summed E-state index contributed by atoms with van der Waals surface area (Å²) in [5.74, 6) is 0.677. The Balaban J connectivity index is 1.61. The van der Waals surface area contributed by atoms with Gasteiger partial charge in [0, 0.05) is 30.1 Å². The molecule has 19 heavy (non-hydrogen) atoms. The van der Waals surface area contributed by atoms with Gasteiger partial charge in [-0.2, -0.15) is 0 Å². The van der Waals surface area contributed by atoms with Gasteiger partial charge in [-0.05, 0) is 26.7 Å². The van der Waals surface area contributed by atoms with E-state index in [1.54, 1.807) is 6.33 Å². The lowest BCUT2D eigenvalue weighted by atomic mass is 9.90. The third kappa shape index (κ3) is 2.58. The number of nitrogens with one attached hydrogen (secondary N) is 1. The molecule has 1 saturated heterocycles. The molecule has 0 radical (unpaired) electrons. The molecule has 1 saturated carbocycles. The van der Waals surface area contributed by atoms with E-state index in [0.717, 1.165) is 56.0 Å². The minimum absolute atomic E-state index is 0.283. The van der Waals surface area contributed by atoms with Crippen LogP contribution in [0.2, 0.25) is 0 Å². The number of rotatable bonds is 2. The van der Waals surface area contributed by atoms with Crippen LogP contribution in [0.25, 0.3) is 0 Å². The van der Waals surface area contributed by atoms with E-state index in [-0.39, 0.29) is 5.79 Å². The zero-order valence-corrected chi connectivity index (χ0v) is 11.6. The normalized spacial score (nSPS) is 22.8. The Morgan fingerprint density at radius 2 is 1.84 bits per heavy atom. The molecule has 5 nitrogen and oxygen atoms in total. The number of hydrogen-bond donors (Lipinski definition) is 1. The minimum Gasteiger partial charge on any atom is -0.367 e. The van der Waals surface area contributed by atoms with E-state index in [2.05, 4.69) is 22.2 Å². The maximum atomic E-state index is 5.75. The molecule has 5 heteroatoms. The van der Waals surface area contributed by atoms with Crippen LogP contribution < -0.4 is 5.32 Å². The van der Waals surface area contributed by atoms with E-state index in [1.165, 1.54) is 0 Å². The van der Waals surface area contributed by atoms with Crippen LogP contribution in [0.5, 0.6) is 0 Å². The number of aryl methyl sites for hydroxylation is 1. The topological polar surface area (TPSA) is 56.3 Å². The molecule has 1 spiro atoms. The Labute approximate surface area is 113 Å². The highest BCUT2D eigenvalue weighted by Crippen LogP contribution is 2.36. The molecule has 0 aromatic carbocycles. The highest BCUT2D eigenvalue weighted by molar-refractivity contribution is 5.45. The summed E-state index contributed by atoms with van der Waals surface area (Å²) in [5.41, 5.74) is 2.17. The highest BCUT2D eigenvalue weighted by Gasteiger charge is 2.40. The maximum Gasteiger partial charge on any atom is 0.168 e. The van der Waals surface area contributed by atoms with Crippen molar-refractivity contribution in [3.05, 3.63) is 17.6 Å². The van der Waals surface area contributed by atoms with Gasteiger partial charge in [0.05, 0.1) is 13.2 Å². The van der Waals surface area contributed by atoms with Crippen molar-refractivity contribution in [2.45, 2.75) is 51.4 Å². The van der Waals surface area contributed by atoms with Crippen molar-refractivity contribution in [2.75, 3.05) is 18.5 Å². The zero-order chi connectivity index (χ0) is 13.3. The van der Waals surface area contributed by atoms with E-state index < -0.39 is 0 Å². The molecule has 1 aliphatic heterocycles. The number of ether oxygens (including phenoxy) is 2. The number of aromatic nitrogens is 2. The van der Waals surface area contributed by atoms with Crippen LogP contribution in [0.3, 0.4) is 0 Å². The molecule has 0 unspecified atom stereocenters. The summed E-state index contributed by atoms with van der Waals surface area (Å²) in [6.45, 7) is 5.55. The molecule has 1 aromatic heterocycles. The Morgan fingerprint density at radius 1 is 1.16 bits per heavy atom. The van der Waals surface area contributed by atoms with Gasteiger partial charge in [-0.25, -0.2) is 9.97 Å². The summed E-state index contributed by atoms with van der Waals surface area (Å²) in [6.07, 6.45) is 5.67. The number of hydrogen-bond acceptors (Lipinski definition) is 5. The Hall–Kier alpha value is -1.20. The van der Waals surface area contributed by atoms with Gasteiger partial charge in [0.1, 0.15) is 12.1 Å². The second-order valence-electron chi connectivity index (χ2n) is 5.46. The summed E-state index contributed by atoms with van der Waals surface area (Å²) >= 11 is 0. The van der Waals surface area contributed by atoms with Crippen molar-refractivity contribution >= 4 is 5.82 Å². The molecule has 0 amide bonds. The summed E-state index contributed by atoms with van der Waals surface area (Å²) in [4.78, 5) is 8.54. The lowest BCUT2D eigenvalue weighted by Crippen LogP contribution is -2.39. The fraction of sp³-hybridized carbons (Fsp3) is 0.714. The third-order valence-electron chi connectivity index (χ3n) is 4.24. The Kier molecular flexibility index (Phi) is 3.41. The monoisotopic (exact) mass is 263 g/mol. The molecule has 2 aliphatic rings. The van der Waals surface area contributed by atoms with Gasteiger partial charge in [0.25, 0.3) is 0 Å².